The van der Waals surface area contributed by atoms with Gasteiger partial charge in [0.15, 0.2) is 0 Å². The van der Waals surface area contributed by atoms with Crippen molar-refractivity contribution in [3.63, 3.8) is 0 Å². The number of amides is 2. The fourth-order valence-corrected chi connectivity index (χ4v) is 3.75. The molecule has 1 aromatic rings. The van der Waals surface area contributed by atoms with Gasteiger partial charge in [0.05, 0.1) is 0 Å². The van der Waals surface area contributed by atoms with Crippen molar-refractivity contribution < 1.29 is 9.59 Å². The second-order valence-corrected chi connectivity index (χ2v) is 6.99. The lowest BCUT2D eigenvalue weighted by Gasteiger charge is -2.17. The third kappa shape index (κ3) is 4.57. The molecule has 1 unspecified atom stereocenters. The Morgan fingerprint density at radius 3 is 2.61 bits per heavy atom. The highest BCUT2D eigenvalue weighted by molar-refractivity contribution is 5.79. The van der Waals surface area contributed by atoms with Crippen LogP contribution >= 0.6 is 0 Å². The number of benzene rings is 1. The zero-order valence-corrected chi connectivity index (χ0v) is 13.7. The Morgan fingerprint density at radius 2 is 1.87 bits per heavy atom. The van der Waals surface area contributed by atoms with Gasteiger partial charge in [0, 0.05) is 38.4 Å². The minimum atomic E-state index is 0.158. The highest BCUT2D eigenvalue weighted by atomic mass is 16.2. The van der Waals surface area contributed by atoms with E-state index in [0.29, 0.717) is 31.8 Å². The number of nitrogens with zero attached hydrogens (tertiary/aromatic N) is 1. The van der Waals surface area contributed by atoms with Crippen LogP contribution in [0.3, 0.4) is 0 Å². The Morgan fingerprint density at radius 1 is 1.13 bits per heavy atom. The van der Waals surface area contributed by atoms with Crippen molar-refractivity contribution in [2.24, 2.45) is 11.8 Å². The number of nitrogens with one attached hydrogen (secondary N) is 1. The van der Waals surface area contributed by atoms with E-state index in [-0.39, 0.29) is 17.7 Å². The summed E-state index contributed by atoms with van der Waals surface area (Å²) in [5, 5.41) is 3.04. The molecule has 1 aromatic carbocycles. The molecule has 1 aliphatic heterocycles. The summed E-state index contributed by atoms with van der Waals surface area (Å²) in [5.74, 6) is 1.18. The molecule has 124 valence electrons. The maximum atomic E-state index is 12.1. The molecule has 1 N–H and O–H groups in total. The van der Waals surface area contributed by atoms with E-state index in [2.05, 4.69) is 5.32 Å². The van der Waals surface area contributed by atoms with Crippen molar-refractivity contribution >= 4 is 11.8 Å². The van der Waals surface area contributed by atoms with Gasteiger partial charge >= 0.3 is 0 Å². The minimum absolute atomic E-state index is 0.158. The second kappa shape index (κ2) is 7.62. The molecule has 2 amide bonds. The Kier molecular flexibility index (Phi) is 5.31. The standard InChI is InChI=1S/C19H26N2O2/c22-18(10-15-6-4-5-7-15)20-12-17-11-19(23)21(14-17)13-16-8-2-1-3-9-16/h1-3,8-9,15,17H,4-7,10-14H2,(H,20,22). The van der Waals surface area contributed by atoms with Gasteiger partial charge in [-0.15, -0.1) is 0 Å². The summed E-state index contributed by atoms with van der Waals surface area (Å²) in [6, 6.07) is 10.1. The predicted molar refractivity (Wildman–Crippen MR) is 89.6 cm³/mol. The molecule has 2 fully saturated rings. The molecule has 2 aliphatic rings. The van der Waals surface area contributed by atoms with Gasteiger partial charge < -0.3 is 10.2 Å². The van der Waals surface area contributed by atoms with Gasteiger partial charge in [-0.05, 0) is 24.3 Å². The molecule has 0 bridgehead atoms. The number of rotatable bonds is 6. The van der Waals surface area contributed by atoms with Gasteiger partial charge in [0.25, 0.3) is 0 Å². The summed E-state index contributed by atoms with van der Waals surface area (Å²) in [6.45, 7) is 2.05. The van der Waals surface area contributed by atoms with Gasteiger partial charge in [-0.2, -0.15) is 0 Å². The fourth-order valence-electron chi connectivity index (χ4n) is 3.75. The Bertz CT molecular complexity index is 538. The van der Waals surface area contributed by atoms with Crippen LogP contribution in [0.4, 0.5) is 0 Å². The molecule has 0 spiro atoms. The largest absolute Gasteiger partial charge is 0.356 e. The van der Waals surface area contributed by atoms with Crippen LogP contribution in [0.25, 0.3) is 0 Å². The smallest absolute Gasteiger partial charge is 0.223 e. The highest BCUT2D eigenvalue weighted by Crippen LogP contribution is 2.27. The minimum Gasteiger partial charge on any atom is -0.356 e. The summed E-state index contributed by atoms with van der Waals surface area (Å²) in [7, 11) is 0. The fraction of sp³-hybridized carbons (Fsp3) is 0.579. The summed E-state index contributed by atoms with van der Waals surface area (Å²) in [6.07, 6.45) is 6.14. The molecular formula is C19H26N2O2. The zero-order valence-electron chi connectivity index (χ0n) is 13.7. The van der Waals surface area contributed by atoms with E-state index in [4.69, 9.17) is 0 Å². The first-order valence-electron chi connectivity index (χ1n) is 8.79. The van der Waals surface area contributed by atoms with Crippen molar-refractivity contribution in [1.29, 1.82) is 0 Å². The van der Waals surface area contributed by atoms with Crippen LogP contribution in [0, 0.1) is 11.8 Å². The van der Waals surface area contributed by atoms with Gasteiger partial charge in [-0.25, -0.2) is 0 Å². The van der Waals surface area contributed by atoms with Gasteiger partial charge in [0.1, 0.15) is 0 Å². The first-order valence-corrected chi connectivity index (χ1v) is 8.79. The summed E-state index contributed by atoms with van der Waals surface area (Å²) < 4.78 is 0. The molecule has 0 radical (unpaired) electrons. The van der Waals surface area contributed by atoms with Crippen molar-refractivity contribution in [3.8, 4) is 0 Å². The molecule has 3 rings (SSSR count). The summed E-state index contributed by atoms with van der Waals surface area (Å²) >= 11 is 0. The SMILES string of the molecule is O=C(CC1CCCC1)NCC1CC(=O)N(Cc2ccccc2)C1. The highest BCUT2D eigenvalue weighted by Gasteiger charge is 2.29. The van der Waals surface area contributed by atoms with E-state index in [9.17, 15) is 9.59 Å². The number of carbonyl (C=O) groups excluding carboxylic acids is 2. The average Bonchev–Trinajstić information content (AvgIpc) is 3.17. The maximum Gasteiger partial charge on any atom is 0.223 e. The van der Waals surface area contributed by atoms with Crippen LogP contribution in [0.15, 0.2) is 30.3 Å². The molecular weight excluding hydrogens is 288 g/mol. The zero-order chi connectivity index (χ0) is 16.1. The first-order chi connectivity index (χ1) is 11.2. The molecule has 1 saturated heterocycles. The van der Waals surface area contributed by atoms with Crippen molar-refractivity contribution in [3.05, 3.63) is 35.9 Å². The van der Waals surface area contributed by atoms with Crippen molar-refractivity contribution in [2.45, 2.75) is 45.1 Å². The van der Waals surface area contributed by atoms with Crippen molar-refractivity contribution in [2.75, 3.05) is 13.1 Å². The summed E-state index contributed by atoms with van der Waals surface area (Å²) in [4.78, 5) is 26.0. The van der Waals surface area contributed by atoms with E-state index in [1.807, 2.05) is 35.2 Å². The predicted octanol–water partition coefficient (Wildman–Crippen LogP) is 2.73. The average molecular weight is 314 g/mol. The molecule has 4 heteroatoms. The van der Waals surface area contributed by atoms with Crippen LogP contribution in [-0.4, -0.2) is 29.8 Å². The first kappa shape index (κ1) is 16.0. The normalized spacial score (nSPS) is 21.8. The molecule has 1 aliphatic carbocycles. The number of hydrogen-bond acceptors (Lipinski definition) is 2. The Hall–Kier alpha value is -1.84. The quantitative estimate of drug-likeness (QED) is 0.878. The van der Waals surface area contributed by atoms with E-state index >= 15 is 0 Å². The monoisotopic (exact) mass is 314 g/mol. The Balaban J connectivity index is 1.41. The van der Waals surface area contributed by atoms with Crippen LogP contribution in [0.1, 0.15) is 44.1 Å². The van der Waals surface area contributed by atoms with Crippen LogP contribution in [-0.2, 0) is 16.1 Å². The van der Waals surface area contributed by atoms with E-state index in [1.54, 1.807) is 0 Å². The molecule has 1 saturated carbocycles. The lowest BCUT2D eigenvalue weighted by atomic mass is 10.0. The number of carbonyl (C=O) groups is 2. The van der Waals surface area contributed by atoms with Crippen molar-refractivity contribution in [1.82, 2.24) is 10.2 Å². The van der Waals surface area contributed by atoms with Gasteiger partial charge in [-0.3, -0.25) is 9.59 Å². The van der Waals surface area contributed by atoms with Gasteiger partial charge in [-0.1, -0.05) is 43.2 Å². The molecule has 1 heterocycles. The number of likely N-dealkylation sites (tertiary alicyclic amines) is 1. The van der Waals surface area contributed by atoms with E-state index in [1.165, 1.54) is 25.7 Å². The molecule has 0 aromatic heterocycles. The maximum absolute atomic E-state index is 12.1. The summed E-state index contributed by atoms with van der Waals surface area (Å²) in [5.41, 5.74) is 1.16. The van der Waals surface area contributed by atoms with Gasteiger partial charge in [0.2, 0.25) is 11.8 Å². The topological polar surface area (TPSA) is 49.4 Å². The lowest BCUT2D eigenvalue weighted by molar-refractivity contribution is -0.128. The molecule has 1 atom stereocenters. The second-order valence-electron chi connectivity index (χ2n) is 6.99. The molecule has 4 nitrogen and oxygen atoms in total. The lowest BCUT2D eigenvalue weighted by Crippen LogP contribution is -2.31. The van der Waals surface area contributed by atoms with E-state index in [0.717, 1.165) is 12.1 Å². The van der Waals surface area contributed by atoms with E-state index < -0.39 is 0 Å². The third-order valence-electron chi connectivity index (χ3n) is 5.05. The van der Waals surface area contributed by atoms with Crippen LogP contribution < -0.4 is 5.32 Å². The van der Waals surface area contributed by atoms with Crippen LogP contribution in [0.5, 0.6) is 0 Å². The Labute approximate surface area is 138 Å². The number of hydrogen-bond donors (Lipinski definition) is 1. The molecule has 23 heavy (non-hydrogen) atoms. The third-order valence-corrected chi connectivity index (χ3v) is 5.05. The van der Waals surface area contributed by atoms with Crippen LogP contribution in [0.2, 0.25) is 0 Å².